The first-order chi connectivity index (χ1) is 15.0. The van der Waals surface area contributed by atoms with E-state index in [4.69, 9.17) is 4.74 Å². The molecule has 0 bridgehead atoms. The van der Waals surface area contributed by atoms with E-state index in [9.17, 15) is 9.59 Å². The quantitative estimate of drug-likeness (QED) is 0.510. The van der Waals surface area contributed by atoms with E-state index in [1.165, 1.54) is 19.3 Å². The summed E-state index contributed by atoms with van der Waals surface area (Å²) in [4.78, 5) is 24.8. The van der Waals surface area contributed by atoms with Crippen molar-refractivity contribution in [2.75, 3.05) is 23.8 Å². The van der Waals surface area contributed by atoms with Gasteiger partial charge in [0.1, 0.15) is 12.4 Å². The smallest absolute Gasteiger partial charge is 0.251 e. The highest BCUT2D eigenvalue weighted by Gasteiger charge is 2.16. The van der Waals surface area contributed by atoms with Gasteiger partial charge in [0, 0.05) is 23.0 Å². The van der Waals surface area contributed by atoms with Gasteiger partial charge in [-0.25, -0.2) is 0 Å². The van der Waals surface area contributed by atoms with Gasteiger partial charge in [0.15, 0.2) is 0 Å². The molecule has 3 N–H and O–H groups in total. The molecule has 0 unspecified atom stereocenters. The summed E-state index contributed by atoms with van der Waals surface area (Å²) in [5.74, 6) is 0.490. The van der Waals surface area contributed by atoms with Crippen LogP contribution in [-0.2, 0) is 4.79 Å². The summed E-state index contributed by atoms with van der Waals surface area (Å²) < 4.78 is 5.55. The van der Waals surface area contributed by atoms with Crippen molar-refractivity contribution >= 4 is 23.2 Å². The number of carbonyl (C=O) groups is 2. The van der Waals surface area contributed by atoms with Crippen LogP contribution in [0.3, 0.4) is 0 Å². The number of anilines is 2. The van der Waals surface area contributed by atoms with Crippen molar-refractivity contribution in [3.8, 4) is 5.75 Å². The Hall–Kier alpha value is -3.28. The maximum atomic E-state index is 12.5. The lowest BCUT2D eigenvalue weighted by Crippen LogP contribution is -2.36. The minimum absolute atomic E-state index is 0.0611. The third-order valence-electron chi connectivity index (χ3n) is 5.14. The molecule has 31 heavy (non-hydrogen) atoms. The first-order valence-electron chi connectivity index (χ1n) is 10.8. The van der Waals surface area contributed by atoms with Gasteiger partial charge in [-0.05, 0) is 67.8 Å². The summed E-state index contributed by atoms with van der Waals surface area (Å²) in [5.41, 5.74) is 2.96. The second-order valence-electron chi connectivity index (χ2n) is 8.06. The number of ether oxygens (including phenoxy) is 1. The van der Waals surface area contributed by atoms with Crippen LogP contribution in [-0.4, -0.2) is 31.0 Å². The maximum absolute atomic E-state index is 12.5. The Balaban J connectivity index is 1.47. The fourth-order valence-electron chi connectivity index (χ4n) is 3.51. The number of hydrogen-bond donors (Lipinski definition) is 3. The molecular formula is C25H31N3O3. The number of nitrogens with one attached hydrogen (secondary N) is 3. The van der Waals surface area contributed by atoms with E-state index in [2.05, 4.69) is 22.5 Å². The second kappa shape index (κ2) is 11.2. The van der Waals surface area contributed by atoms with Crippen molar-refractivity contribution in [2.45, 2.75) is 45.1 Å². The molecule has 6 nitrogen and oxygen atoms in total. The molecule has 1 fully saturated rings. The molecule has 2 aromatic rings. The Bertz CT molecular complexity index is 902. The third kappa shape index (κ3) is 7.48. The van der Waals surface area contributed by atoms with E-state index in [0.717, 1.165) is 29.9 Å². The van der Waals surface area contributed by atoms with Gasteiger partial charge in [0.25, 0.3) is 5.91 Å². The predicted octanol–water partition coefficient (Wildman–Crippen LogP) is 4.75. The van der Waals surface area contributed by atoms with Crippen molar-refractivity contribution < 1.29 is 14.3 Å². The van der Waals surface area contributed by atoms with E-state index in [1.54, 1.807) is 36.4 Å². The highest BCUT2D eigenvalue weighted by molar-refractivity contribution is 5.96. The fraction of sp³-hybridized carbons (Fsp3) is 0.360. The van der Waals surface area contributed by atoms with Crippen LogP contribution in [0, 0.1) is 0 Å². The van der Waals surface area contributed by atoms with Crippen molar-refractivity contribution in [2.24, 2.45) is 0 Å². The average Bonchev–Trinajstić information content (AvgIpc) is 2.78. The van der Waals surface area contributed by atoms with Crippen LogP contribution in [0.15, 0.2) is 60.7 Å². The molecule has 164 valence electrons. The number of amides is 2. The lowest BCUT2D eigenvalue weighted by molar-refractivity contribution is -0.114. The number of benzene rings is 2. The van der Waals surface area contributed by atoms with Gasteiger partial charge in [0.05, 0.1) is 6.54 Å². The molecule has 0 atom stereocenters. The monoisotopic (exact) mass is 421 g/mol. The van der Waals surface area contributed by atoms with Gasteiger partial charge in [-0.15, -0.1) is 0 Å². The van der Waals surface area contributed by atoms with Crippen LogP contribution >= 0.6 is 0 Å². The predicted molar refractivity (Wildman–Crippen MR) is 125 cm³/mol. The second-order valence-corrected chi connectivity index (χ2v) is 8.06. The van der Waals surface area contributed by atoms with Gasteiger partial charge >= 0.3 is 0 Å². The summed E-state index contributed by atoms with van der Waals surface area (Å²) >= 11 is 0. The zero-order valence-corrected chi connectivity index (χ0v) is 18.1. The van der Waals surface area contributed by atoms with Crippen molar-refractivity contribution in [1.82, 2.24) is 5.32 Å². The fourth-order valence-corrected chi connectivity index (χ4v) is 3.51. The molecule has 0 heterocycles. The minimum Gasteiger partial charge on any atom is -0.489 e. The normalized spacial score (nSPS) is 13.8. The lowest BCUT2D eigenvalue weighted by Gasteiger charge is -2.22. The van der Waals surface area contributed by atoms with E-state index >= 15 is 0 Å². The van der Waals surface area contributed by atoms with Crippen LogP contribution in [0.25, 0.3) is 0 Å². The molecule has 1 aliphatic carbocycles. The van der Waals surface area contributed by atoms with Crippen LogP contribution in [0.4, 0.5) is 11.4 Å². The summed E-state index contributed by atoms with van der Waals surface area (Å²) in [6.07, 6.45) is 5.69. The average molecular weight is 422 g/mol. The van der Waals surface area contributed by atoms with Gasteiger partial charge in [-0.3, -0.25) is 9.59 Å². The zero-order valence-electron chi connectivity index (χ0n) is 18.1. The third-order valence-corrected chi connectivity index (χ3v) is 5.14. The number of carbonyl (C=O) groups excluding carboxylic acids is 2. The summed E-state index contributed by atoms with van der Waals surface area (Å²) in [6, 6.07) is 14.7. The van der Waals surface area contributed by atoms with Crippen molar-refractivity contribution in [3.05, 3.63) is 66.2 Å². The molecule has 2 amide bonds. The van der Waals surface area contributed by atoms with Gasteiger partial charge < -0.3 is 20.7 Å². The molecule has 0 spiro atoms. The van der Waals surface area contributed by atoms with Gasteiger partial charge in [-0.1, -0.05) is 31.9 Å². The Kier molecular flexibility index (Phi) is 8.10. The molecule has 0 aliphatic heterocycles. The van der Waals surface area contributed by atoms with Crippen LogP contribution < -0.4 is 20.7 Å². The van der Waals surface area contributed by atoms with Gasteiger partial charge in [-0.2, -0.15) is 0 Å². The Morgan fingerprint density at radius 3 is 2.48 bits per heavy atom. The summed E-state index contributed by atoms with van der Waals surface area (Å²) in [7, 11) is 0. The molecule has 1 aliphatic rings. The van der Waals surface area contributed by atoms with E-state index in [1.807, 2.05) is 19.1 Å². The minimum atomic E-state index is -0.173. The molecule has 6 heteroatoms. The van der Waals surface area contributed by atoms with E-state index in [-0.39, 0.29) is 24.4 Å². The van der Waals surface area contributed by atoms with Crippen LogP contribution in [0.5, 0.6) is 5.75 Å². The van der Waals surface area contributed by atoms with Crippen molar-refractivity contribution in [3.63, 3.8) is 0 Å². The topological polar surface area (TPSA) is 79.5 Å². The van der Waals surface area contributed by atoms with Crippen LogP contribution in [0.1, 0.15) is 49.4 Å². The summed E-state index contributed by atoms with van der Waals surface area (Å²) in [6.45, 7) is 6.27. The first-order valence-corrected chi connectivity index (χ1v) is 10.8. The zero-order chi connectivity index (χ0) is 22.1. The molecule has 3 rings (SSSR count). The Morgan fingerprint density at radius 1 is 1.03 bits per heavy atom. The number of hydrogen-bond acceptors (Lipinski definition) is 4. The SMILES string of the molecule is C=C(C)COc1ccc(NC(=O)CNc2cccc(C(=O)NC3CCCCC3)c2)cc1. The standard InChI is InChI=1S/C25H31N3O3/c1-18(2)17-31-23-13-11-21(12-14-23)27-24(29)16-26-22-10-6-7-19(15-22)25(30)28-20-8-4-3-5-9-20/h6-7,10-15,20,26H,1,3-5,8-9,16-17H2,2H3,(H,27,29)(H,28,30). The Labute approximate surface area is 184 Å². The molecular weight excluding hydrogens is 390 g/mol. The van der Waals surface area contributed by atoms with Crippen molar-refractivity contribution in [1.29, 1.82) is 0 Å². The number of rotatable bonds is 9. The van der Waals surface area contributed by atoms with E-state index in [0.29, 0.717) is 17.9 Å². The van der Waals surface area contributed by atoms with E-state index < -0.39 is 0 Å². The highest BCUT2D eigenvalue weighted by atomic mass is 16.5. The highest BCUT2D eigenvalue weighted by Crippen LogP contribution is 2.19. The Morgan fingerprint density at radius 2 is 1.77 bits per heavy atom. The molecule has 2 aromatic carbocycles. The molecule has 1 saturated carbocycles. The first kappa shape index (κ1) is 22.4. The molecule has 0 saturated heterocycles. The largest absolute Gasteiger partial charge is 0.489 e. The lowest BCUT2D eigenvalue weighted by atomic mass is 9.95. The van der Waals surface area contributed by atoms with Crippen LogP contribution in [0.2, 0.25) is 0 Å². The molecule has 0 aromatic heterocycles. The molecule has 0 radical (unpaired) electrons. The van der Waals surface area contributed by atoms with Gasteiger partial charge in [0.2, 0.25) is 5.91 Å². The summed E-state index contributed by atoms with van der Waals surface area (Å²) in [5, 5.41) is 9.04. The maximum Gasteiger partial charge on any atom is 0.251 e.